The lowest BCUT2D eigenvalue weighted by molar-refractivity contribution is -0.122. The summed E-state index contributed by atoms with van der Waals surface area (Å²) in [5.74, 6) is 1.25. The van der Waals surface area contributed by atoms with E-state index in [1.807, 2.05) is 12.1 Å². The third-order valence-electron chi connectivity index (χ3n) is 6.09. The molecule has 2 aliphatic heterocycles. The standard InChI is InChI=1S/C23H27FN2O2/c1-28-19-8-6-17(7-9-19)16-18-10-13-25(14-11-18)22-12-15-26(23(22)27)21-5-3-2-4-20(21)24/h2-9,18,22H,10-16H2,1H3. The highest BCUT2D eigenvalue weighted by Gasteiger charge is 2.38. The Morgan fingerprint density at radius 2 is 1.71 bits per heavy atom. The topological polar surface area (TPSA) is 32.8 Å². The minimum Gasteiger partial charge on any atom is -0.497 e. The summed E-state index contributed by atoms with van der Waals surface area (Å²) in [6.45, 7) is 2.46. The first-order valence-corrected chi connectivity index (χ1v) is 10.1. The van der Waals surface area contributed by atoms with Crippen LogP contribution in [0.25, 0.3) is 0 Å². The normalized spacial score (nSPS) is 21.3. The summed E-state index contributed by atoms with van der Waals surface area (Å²) in [6, 6.07) is 14.7. The SMILES string of the molecule is COc1ccc(CC2CCN(C3CCN(c4ccccc4F)C3=O)CC2)cc1. The average molecular weight is 382 g/mol. The van der Waals surface area contributed by atoms with Crippen LogP contribution in [0.1, 0.15) is 24.8 Å². The molecule has 0 radical (unpaired) electrons. The molecule has 148 valence electrons. The van der Waals surface area contributed by atoms with Gasteiger partial charge in [0.15, 0.2) is 0 Å². The van der Waals surface area contributed by atoms with Crippen molar-refractivity contribution in [3.8, 4) is 5.75 Å². The summed E-state index contributed by atoms with van der Waals surface area (Å²) >= 11 is 0. The van der Waals surface area contributed by atoms with Crippen molar-refractivity contribution in [3.05, 3.63) is 59.9 Å². The van der Waals surface area contributed by atoms with E-state index in [2.05, 4.69) is 17.0 Å². The van der Waals surface area contributed by atoms with Crippen molar-refractivity contribution in [2.75, 3.05) is 31.6 Å². The van der Waals surface area contributed by atoms with E-state index in [-0.39, 0.29) is 17.8 Å². The van der Waals surface area contributed by atoms with Crippen molar-refractivity contribution in [2.45, 2.75) is 31.7 Å². The minimum absolute atomic E-state index is 0.0405. The van der Waals surface area contributed by atoms with Gasteiger partial charge >= 0.3 is 0 Å². The number of nitrogens with zero attached hydrogens (tertiary/aromatic N) is 2. The van der Waals surface area contributed by atoms with Gasteiger partial charge < -0.3 is 9.64 Å². The maximum absolute atomic E-state index is 14.1. The molecular weight excluding hydrogens is 355 g/mol. The lowest BCUT2D eigenvalue weighted by Gasteiger charge is -2.35. The third kappa shape index (κ3) is 3.90. The smallest absolute Gasteiger partial charge is 0.244 e. The van der Waals surface area contributed by atoms with Gasteiger partial charge in [0.05, 0.1) is 18.8 Å². The van der Waals surface area contributed by atoms with Gasteiger partial charge in [-0.1, -0.05) is 24.3 Å². The molecule has 0 aromatic heterocycles. The summed E-state index contributed by atoms with van der Waals surface area (Å²) in [6.07, 6.45) is 4.03. The molecule has 5 heteroatoms. The van der Waals surface area contributed by atoms with Crippen molar-refractivity contribution in [1.82, 2.24) is 4.90 Å². The van der Waals surface area contributed by atoms with Crippen LogP contribution >= 0.6 is 0 Å². The molecule has 0 bridgehead atoms. The molecule has 4 nitrogen and oxygen atoms in total. The number of carbonyl (C=O) groups is 1. The summed E-state index contributed by atoms with van der Waals surface area (Å²) in [5.41, 5.74) is 1.74. The predicted octanol–water partition coefficient (Wildman–Crippen LogP) is 3.89. The summed E-state index contributed by atoms with van der Waals surface area (Å²) < 4.78 is 19.3. The first-order valence-electron chi connectivity index (χ1n) is 10.1. The van der Waals surface area contributed by atoms with Crippen LogP contribution in [0.3, 0.4) is 0 Å². The molecule has 28 heavy (non-hydrogen) atoms. The van der Waals surface area contributed by atoms with Crippen LogP contribution < -0.4 is 9.64 Å². The first kappa shape index (κ1) is 18.9. The predicted molar refractivity (Wildman–Crippen MR) is 108 cm³/mol. The number of rotatable bonds is 5. The second-order valence-corrected chi connectivity index (χ2v) is 7.78. The highest BCUT2D eigenvalue weighted by molar-refractivity contribution is 5.99. The molecule has 0 N–H and O–H groups in total. The molecule has 2 aromatic carbocycles. The number of halogens is 1. The highest BCUT2D eigenvalue weighted by atomic mass is 19.1. The van der Waals surface area contributed by atoms with Gasteiger partial charge in [0.1, 0.15) is 11.6 Å². The number of para-hydroxylation sites is 1. The maximum Gasteiger partial charge on any atom is 0.244 e. The molecule has 0 spiro atoms. The highest BCUT2D eigenvalue weighted by Crippen LogP contribution is 2.30. The molecule has 2 heterocycles. The number of hydrogen-bond acceptors (Lipinski definition) is 3. The van der Waals surface area contributed by atoms with E-state index in [4.69, 9.17) is 4.74 Å². The maximum atomic E-state index is 14.1. The lowest BCUT2D eigenvalue weighted by Crippen LogP contribution is -2.46. The number of likely N-dealkylation sites (tertiary alicyclic amines) is 1. The second kappa shape index (κ2) is 8.31. The Kier molecular flexibility index (Phi) is 5.62. The zero-order chi connectivity index (χ0) is 19.5. The molecule has 1 unspecified atom stereocenters. The minimum atomic E-state index is -0.324. The number of benzene rings is 2. The zero-order valence-electron chi connectivity index (χ0n) is 16.3. The second-order valence-electron chi connectivity index (χ2n) is 7.78. The first-order chi connectivity index (χ1) is 13.7. The quantitative estimate of drug-likeness (QED) is 0.786. The van der Waals surface area contributed by atoms with Gasteiger partial charge in [-0.2, -0.15) is 0 Å². The van der Waals surface area contributed by atoms with Crippen molar-refractivity contribution < 1.29 is 13.9 Å². The van der Waals surface area contributed by atoms with E-state index in [0.717, 1.165) is 44.5 Å². The number of methoxy groups -OCH3 is 1. The van der Waals surface area contributed by atoms with Gasteiger partial charge in [0.25, 0.3) is 0 Å². The molecular formula is C23H27FN2O2. The fraction of sp³-hybridized carbons (Fsp3) is 0.435. The monoisotopic (exact) mass is 382 g/mol. The van der Waals surface area contributed by atoms with Gasteiger partial charge in [-0.3, -0.25) is 9.69 Å². The Bertz CT molecular complexity index is 816. The molecule has 1 atom stereocenters. The summed E-state index contributed by atoms with van der Waals surface area (Å²) in [7, 11) is 1.68. The largest absolute Gasteiger partial charge is 0.497 e. The fourth-order valence-electron chi connectivity index (χ4n) is 4.48. The number of carbonyl (C=O) groups excluding carboxylic acids is 1. The number of ether oxygens (including phenoxy) is 1. The van der Waals surface area contributed by atoms with E-state index in [1.165, 1.54) is 11.6 Å². The van der Waals surface area contributed by atoms with E-state index in [0.29, 0.717) is 18.2 Å². The third-order valence-corrected chi connectivity index (χ3v) is 6.09. The number of piperidine rings is 1. The molecule has 4 rings (SSSR count). The van der Waals surface area contributed by atoms with Crippen molar-refractivity contribution in [3.63, 3.8) is 0 Å². The number of anilines is 1. The Balaban J connectivity index is 1.32. The van der Waals surface area contributed by atoms with Crippen LogP contribution in [0.5, 0.6) is 5.75 Å². The van der Waals surface area contributed by atoms with Crippen LogP contribution in [-0.4, -0.2) is 43.6 Å². The number of amides is 1. The molecule has 0 aliphatic carbocycles. The van der Waals surface area contributed by atoms with Crippen LogP contribution in [0.4, 0.5) is 10.1 Å². The Morgan fingerprint density at radius 1 is 1.00 bits per heavy atom. The summed E-state index contributed by atoms with van der Waals surface area (Å²) in [5, 5.41) is 0. The Labute approximate surface area is 165 Å². The molecule has 0 saturated carbocycles. The van der Waals surface area contributed by atoms with Gasteiger partial charge in [-0.25, -0.2) is 4.39 Å². The van der Waals surface area contributed by atoms with Crippen molar-refractivity contribution in [2.24, 2.45) is 5.92 Å². The molecule has 2 aliphatic rings. The van der Waals surface area contributed by atoms with Gasteiger partial charge in [-0.05, 0) is 74.5 Å². The van der Waals surface area contributed by atoms with Crippen molar-refractivity contribution in [1.29, 1.82) is 0 Å². The molecule has 2 saturated heterocycles. The van der Waals surface area contributed by atoms with Crippen LogP contribution in [0, 0.1) is 11.7 Å². The zero-order valence-corrected chi connectivity index (χ0v) is 16.3. The molecule has 2 fully saturated rings. The fourth-order valence-corrected chi connectivity index (χ4v) is 4.48. The molecule has 2 aromatic rings. The average Bonchev–Trinajstić information content (AvgIpc) is 3.11. The van der Waals surface area contributed by atoms with Gasteiger partial charge in [0.2, 0.25) is 5.91 Å². The van der Waals surface area contributed by atoms with Crippen LogP contribution in [0.2, 0.25) is 0 Å². The van der Waals surface area contributed by atoms with E-state index in [1.54, 1.807) is 30.2 Å². The van der Waals surface area contributed by atoms with Crippen molar-refractivity contribution >= 4 is 11.6 Å². The van der Waals surface area contributed by atoms with E-state index in [9.17, 15) is 9.18 Å². The summed E-state index contributed by atoms with van der Waals surface area (Å²) in [4.78, 5) is 16.8. The van der Waals surface area contributed by atoms with Gasteiger partial charge in [0, 0.05) is 6.54 Å². The number of hydrogen-bond donors (Lipinski definition) is 0. The van der Waals surface area contributed by atoms with Crippen LogP contribution in [-0.2, 0) is 11.2 Å². The molecule has 1 amide bonds. The van der Waals surface area contributed by atoms with E-state index >= 15 is 0 Å². The Morgan fingerprint density at radius 3 is 2.39 bits per heavy atom. The van der Waals surface area contributed by atoms with Gasteiger partial charge in [-0.15, -0.1) is 0 Å². The van der Waals surface area contributed by atoms with E-state index < -0.39 is 0 Å². The Hall–Kier alpha value is -2.40. The lowest BCUT2D eigenvalue weighted by atomic mass is 9.89. The van der Waals surface area contributed by atoms with Crippen LogP contribution in [0.15, 0.2) is 48.5 Å².